The number of anilines is 1. The van der Waals surface area contributed by atoms with Crippen LogP contribution in [0, 0.1) is 11.6 Å². The van der Waals surface area contributed by atoms with E-state index < -0.39 is 17.5 Å². The molecule has 0 radical (unpaired) electrons. The third-order valence-electron chi connectivity index (χ3n) is 3.28. The van der Waals surface area contributed by atoms with Crippen LogP contribution in [-0.4, -0.2) is 18.2 Å². The molecule has 0 saturated carbocycles. The number of rotatable bonds is 4. The first-order valence-corrected chi connectivity index (χ1v) is 6.94. The molecule has 122 valence electrons. The summed E-state index contributed by atoms with van der Waals surface area (Å²) >= 11 is 0. The second-order valence-electron chi connectivity index (χ2n) is 4.89. The number of halogens is 2. The Hall–Kier alpha value is -3.22. The second kappa shape index (κ2) is 6.49. The van der Waals surface area contributed by atoms with Crippen LogP contribution >= 0.6 is 0 Å². The predicted octanol–water partition coefficient (Wildman–Crippen LogP) is 3.88. The van der Waals surface area contributed by atoms with Gasteiger partial charge >= 0.3 is 0 Å². The number of hydrogen-bond donors (Lipinski definition) is 1. The van der Waals surface area contributed by atoms with Crippen molar-refractivity contribution in [2.45, 2.75) is 0 Å². The standard InChI is InChI=1S/C17H12F2N2O3/c1-23-12-4-2-3-10(7-12)15-9-16(24-21-15)17(22)20-14-6-5-11(18)8-13(14)19/h2-9H,1H3,(H,20,22). The van der Waals surface area contributed by atoms with E-state index in [1.165, 1.54) is 13.2 Å². The molecule has 1 aromatic heterocycles. The van der Waals surface area contributed by atoms with Crippen LogP contribution in [0.1, 0.15) is 10.6 Å². The minimum atomic E-state index is -0.879. The zero-order chi connectivity index (χ0) is 17.1. The summed E-state index contributed by atoms with van der Waals surface area (Å²) in [5.74, 6) is -1.77. The summed E-state index contributed by atoms with van der Waals surface area (Å²) in [6, 6.07) is 11.3. The lowest BCUT2D eigenvalue weighted by atomic mass is 10.1. The van der Waals surface area contributed by atoms with Crippen molar-refractivity contribution in [3.05, 3.63) is 65.9 Å². The molecule has 1 N–H and O–H groups in total. The Morgan fingerprint density at radius 2 is 2.00 bits per heavy atom. The van der Waals surface area contributed by atoms with Gasteiger partial charge in [0.15, 0.2) is 0 Å². The molecule has 0 aliphatic carbocycles. The average molecular weight is 330 g/mol. The summed E-state index contributed by atoms with van der Waals surface area (Å²) in [5.41, 5.74) is 0.976. The van der Waals surface area contributed by atoms with E-state index in [-0.39, 0.29) is 11.4 Å². The molecular weight excluding hydrogens is 318 g/mol. The number of methoxy groups -OCH3 is 1. The van der Waals surface area contributed by atoms with E-state index in [1.807, 2.05) is 0 Å². The first-order valence-electron chi connectivity index (χ1n) is 6.94. The van der Waals surface area contributed by atoms with Gasteiger partial charge in [-0.3, -0.25) is 4.79 Å². The van der Waals surface area contributed by atoms with E-state index in [9.17, 15) is 13.6 Å². The lowest BCUT2D eigenvalue weighted by Gasteiger charge is -2.03. The van der Waals surface area contributed by atoms with Crippen molar-refractivity contribution in [2.24, 2.45) is 0 Å². The van der Waals surface area contributed by atoms with Gasteiger partial charge in [-0.05, 0) is 24.3 Å². The molecule has 0 aliphatic rings. The first kappa shape index (κ1) is 15.7. The van der Waals surface area contributed by atoms with Crippen LogP contribution in [0.25, 0.3) is 11.3 Å². The van der Waals surface area contributed by atoms with Crippen LogP contribution in [0.3, 0.4) is 0 Å². The average Bonchev–Trinajstić information content (AvgIpc) is 3.07. The zero-order valence-corrected chi connectivity index (χ0v) is 12.5. The fourth-order valence-corrected chi connectivity index (χ4v) is 2.08. The van der Waals surface area contributed by atoms with Crippen molar-refractivity contribution in [3.63, 3.8) is 0 Å². The molecular formula is C17H12F2N2O3. The molecule has 1 amide bonds. The number of nitrogens with zero attached hydrogens (tertiary/aromatic N) is 1. The van der Waals surface area contributed by atoms with Crippen molar-refractivity contribution in [2.75, 3.05) is 12.4 Å². The first-order chi connectivity index (χ1) is 11.6. The van der Waals surface area contributed by atoms with Crippen molar-refractivity contribution >= 4 is 11.6 Å². The van der Waals surface area contributed by atoms with Gasteiger partial charge in [-0.2, -0.15) is 0 Å². The second-order valence-corrected chi connectivity index (χ2v) is 4.89. The number of benzene rings is 2. The van der Waals surface area contributed by atoms with Gasteiger partial charge in [0.05, 0.1) is 12.8 Å². The molecule has 0 fully saturated rings. The van der Waals surface area contributed by atoms with Gasteiger partial charge < -0.3 is 14.6 Å². The van der Waals surface area contributed by atoms with E-state index in [4.69, 9.17) is 9.26 Å². The van der Waals surface area contributed by atoms with E-state index in [0.29, 0.717) is 23.1 Å². The van der Waals surface area contributed by atoms with Crippen LogP contribution in [0.4, 0.5) is 14.5 Å². The number of carbonyl (C=O) groups is 1. The summed E-state index contributed by atoms with van der Waals surface area (Å²) < 4.78 is 36.5. The number of aromatic nitrogens is 1. The Morgan fingerprint density at radius 1 is 1.17 bits per heavy atom. The molecule has 2 aromatic carbocycles. The zero-order valence-electron chi connectivity index (χ0n) is 12.5. The largest absolute Gasteiger partial charge is 0.497 e. The van der Waals surface area contributed by atoms with Gasteiger partial charge in [-0.1, -0.05) is 17.3 Å². The SMILES string of the molecule is COc1cccc(-c2cc(C(=O)Nc3ccc(F)cc3F)on2)c1. The lowest BCUT2D eigenvalue weighted by molar-refractivity contribution is 0.0987. The quantitative estimate of drug-likeness (QED) is 0.788. The predicted molar refractivity (Wildman–Crippen MR) is 82.8 cm³/mol. The molecule has 0 saturated heterocycles. The Bertz CT molecular complexity index is 893. The van der Waals surface area contributed by atoms with Crippen molar-refractivity contribution in [1.82, 2.24) is 5.16 Å². The van der Waals surface area contributed by atoms with Gasteiger partial charge in [0, 0.05) is 17.7 Å². The van der Waals surface area contributed by atoms with Crippen molar-refractivity contribution in [1.29, 1.82) is 0 Å². The number of ether oxygens (including phenoxy) is 1. The Morgan fingerprint density at radius 3 is 2.75 bits per heavy atom. The lowest BCUT2D eigenvalue weighted by Crippen LogP contribution is -2.12. The highest BCUT2D eigenvalue weighted by Crippen LogP contribution is 2.24. The molecule has 7 heteroatoms. The fourth-order valence-electron chi connectivity index (χ4n) is 2.08. The molecule has 24 heavy (non-hydrogen) atoms. The van der Waals surface area contributed by atoms with Crippen molar-refractivity contribution < 1.29 is 22.8 Å². The highest BCUT2D eigenvalue weighted by Gasteiger charge is 2.16. The van der Waals surface area contributed by atoms with Gasteiger partial charge in [-0.25, -0.2) is 8.78 Å². The van der Waals surface area contributed by atoms with E-state index in [0.717, 1.165) is 12.1 Å². The number of hydrogen-bond acceptors (Lipinski definition) is 4. The van der Waals surface area contributed by atoms with Crippen LogP contribution < -0.4 is 10.1 Å². The minimum Gasteiger partial charge on any atom is -0.497 e. The van der Waals surface area contributed by atoms with Gasteiger partial charge in [0.25, 0.3) is 5.91 Å². The Kier molecular flexibility index (Phi) is 4.24. The Labute approximate surface area is 135 Å². The molecule has 0 atom stereocenters. The van der Waals surface area contributed by atoms with Crippen LogP contribution in [0.15, 0.2) is 53.1 Å². The highest BCUT2D eigenvalue weighted by molar-refractivity contribution is 6.02. The summed E-state index contributed by atoms with van der Waals surface area (Å²) in [5, 5.41) is 6.12. The van der Waals surface area contributed by atoms with Crippen molar-refractivity contribution in [3.8, 4) is 17.0 Å². The van der Waals surface area contributed by atoms with Gasteiger partial charge in [0.2, 0.25) is 5.76 Å². The minimum absolute atomic E-state index is 0.100. The highest BCUT2D eigenvalue weighted by atomic mass is 19.1. The maximum absolute atomic E-state index is 13.6. The van der Waals surface area contributed by atoms with Gasteiger partial charge in [0.1, 0.15) is 23.1 Å². The molecule has 0 bridgehead atoms. The van der Waals surface area contributed by atoms with Crippen LogP contribution in [0.5, 0.6) is 5.75 Å². The summed E-state index contributed by atoms with van der Waals surface area (Å²) in [7, 11) is 1.54. The normalized spacial score (nSPS) is 10.5. The molecule has 3 rings (SSSR count). The van der Waals surface area contributed by atoms with E-state index in [2.05, 4.69) is 10.5 Å². The molecule has 0 aliphatic heterocycles. The monoisotopic (exact) mass is 330 g/mol. The topological polar surface area (TPSA) is 64.4 Å². The summed E-state index contributed by atoms with van der Waals surface area (Å²) in [6.45, 7) is 0. The summed E-state index contributed by atoms with van der Waals surface area (Å²) in [4.78, 5) is 12.1. The van der Waals surface area contributed by atoms with Crippen LogP contribution in [-0.2, 0) is 0 Å². The smallest absolute Gasteiger partial charge is 0.294 e. The van der Waals surface area contributed by atoms with Crippen LogP contribution in [0.2, 0.25) is 0 Å². The molecule has 3 aromatic rings. The fraction of sp³-hybridized carbons (Fsp3) is 0.0588. The maximum atomic E-state index is 13.6. The summed E-state index contributed by atoms with van der Waals surface area (Å²) in [6.07, 6.45) is 0. The third kappa shape index (κ3) is 3.24. The molecule has 5 nitrogen and oxygen atoms in total. The number of nitrogens with one attached hydrogen (secondary N) is 1. The van der Waals surface area contributed by atoms with Gasteiger partial charge in [-0.15, -0.1) is 0 Å². The molecule has 0 spiro atoms. The van der Waals surface area contributed by atoms with E-state index in [1.54, 1.807) is 24.3 Å². The molecule has 0 unspecified atom stereocenters. The number of amides is 1. The maximum Gasteiger partial charge on any atom is 0.294 e. The Balaban J connectivity index is 1.80. The third-order valence-corrected chi connectivity index (χ3v) is 3.28. The molecule has 1 heterocycles. The number of carbonyl (C=O) groups excluding carboxylic acids is 1. The van der Waals surface area contributed by atoms with E-state index >= 15 is 0 Å².